The number of anilines is 1. The highest BCUT2D eigenvalue weighted by molar-refractivity contribution is 9.10. The Bertz CT molecular complexity index is 544. The molecule has 0 aliphatic rings. The van der Waals surface area contributed by atoms with Gasteiger partial charge in [-0.15, -0.1) is 0 Å². The molecule has 0 spiro atoms. The Balaban J connectivity index is 2.71. The fraction of sp³-hybridized carbons (Fsp3) is 0.571. The van der Waals surface area contributed by atoms with Gasteiger partial charge in [-0.1, -0.05) is 35.8 Å². The third-order valence-corrected chi connectivity index (χ3v) is 4.64. The highest BCUT2D eigenvalue weighted by Gasteiger charge is 2.08. The molecule has 114 valence electrons. The van der Waals surface area contributed by atoms with E-state index in [2.05, 4.69) is 41.2 Å². The van der Waals surface area contributed by atoms with Crippen LogP contribution in [0.15, 0.2) is 22.7 Å². The molecule has 1 N–H and O–H groups in total. The number of benzene rings is 1. The van der Waals surface area contributed by atoms with Gasteiger partial charge in [0.1, 0.15) is 9.84 Å². The summed E-state index contributed by atoms with van der Waals surface area (Å²) in [5.41, 5.74) is 2.20. The predicted molar refractivity (Wildman–Crippen MR) is 89.1 cm³/mol. The Labute approximate surface area is 130 Å². The highest BCUT2D eigenvalue weighted by atomic mass is 79.9. The first-order chi connectivity index (χ1) is 9.19. The van der Waals surface area contributed by atoms with Gasteiger partial charge < -0.3 is 10.2 Å². The van der Waals surface area contributed by atoms with Crippen LogP contribution in [0.4, 0.5) is 5.69 Å². The Hall–Kier alpha value is -0.590. The van der Waals surface area contributed by atoms with Crippen molar-refractivity contribution in [1.29, 1.82) is 0 Å². The summed E-state index contributed by atoms with van der Waals surface area (Å²) in [4.78, 5) is 1.95. The number of sulfone groups is 1. The van der Waals surface area contributed by atoms with E-state index in [1.807, 2.05) is 24.1 Å². The molecule has 1 aromatic carbocycles. The third-order valence-electron chi connectivity index (χ3n) is 2.98. The lowest BCUT2D eigenvalue weighted by Crippen LogP contribution is -2.25. The minimum absolute atomic E-state index is 0.164. The second kappa shape index (κ2) is 7.43. The number of nitrogens with one attached hydrogen (secondary N) is 1. The first-order valence-corrected chi connectivity index (χ1v) is 9.45. The summed E-state index contributed by atoms with van der Waals surface area (Å²) in [6.07, 6.45) is 1.26. The Morgan fingerprint density at radius 2 is 2.00 bits per heavy atom. The first kappa shape index (κ1) is 17.5. The van der Waals surface area contributed by atoms with Crippen LogP contribution < -0.4 is 10.2 Å². The van der Waals surface area contributed by atoms with Crippen molar-refractivity contribution in [3.8, 4) is 0 Å². The maximum atomic E-state index is 11.2. The van der Waals surface area contributed by atoms with E-state index in [1.165, 1.54) is 11.8 Å². The van der Waals surface area contributed by atoms with Crippen LogP contribution in [0.5, 0.6) is 0 Å². The van der Waals surface area contributed by atoms with Crippen molar-refractivity contribution in [1.82, 2.24) is 5.32 Å². The molecule has 0 aromatic heterocycles. The fourth-order valence-electron chi connectivity index (χ4n) is 1.66. The summed E-state index contributed by atoms with van der Waals surface area (Å²) in [5.74, 6) is 0.164. The number of hydrogen-bond donors (Lipinski definition) is 1. The molecule has 1 aromatic rings. The van der Waals surface area contributed by atoms with E-state index >= 15 is 0 Å². The van der Waals surface area contributed by atoms with Crippen molar-refractivity contribution >= 4 is 31.5 Å². The van der Waals surface area contributed by atoms with Crippen LogP contribution in [0.1, 0.15) is 19.4 Å². The lowest BCUT2D eigenvalue weighted by atomic mass is 10.2. The van der Waals surface area contributed by atoms with Crippen molar-refractivity contribution < 1.29 is 8.42 Å². The molecule has 0 bridgehead atoms. The standard InChI is InChI=1S/C14H23BrN2O2S/c1-11(2)16-10-12-5-6-13(9-14(12)15)17(3)7-8-20(4,18)19/h5-6,9,11,16H,7-8,10H2,1-4H3. The molecule has 0 amide bonds. The maximum absolute atomic E-state index is 11.2. The van der Waals surface area contributed by atoms with Crippen LogP contribution in [0.3, 0.4) is 0 Å². The predicted octanol–water partition coefficient (Wildman–Crippen LogP) is 2.43. The average Bonchev–Trinajstić information content (AvgIpc) is 2.33. The smallest absolute Gasteiger partial charge is 0.149 e. The molecule has 0 aliphatic heterocycles. The highest BCUT2D eigenvalue weighted by Crippen LogP contribution is 2.23. The monoisotopic (exact) mass is 362 g/mol. The SMILES string of the molecule is CC(C)NCc1ccc(N(C)CCS(C)(=O)=O)cc1Br. The summed E-state index contributed by atoms with van der Waals surface area (Å²) in [7, 11) is -1.03. The number of hydrogen-bond acceptors (Lipinski definition) is 4. The molecule has 20 heavy (non-hydrogen) atoms. The lowest BCUT2D eigenvalue weighted by Gasteiger charge is -2.20. The molecule has 1 rings (SSSR count). The molecular weight excluding hydrogens is 340 g/mol. The van der Waals surface area contributed by atoms with Gasteiger partial charge in [0, 0.05) is 42.6 Å². The average molecular weight is 363 g/mol. The van der Waals surface area contributed by atoms with Crippen molar-refractivity contribution in [3.63, 3.8) is 0 Å². The Morgan fingerprint density at radius 3 is 2.50 bits per heavy atom. The summed E-state index contributed by atoms with van der Waals surface area (Å²) in [6, 6.07) is 6.55. The van der Waals surface area contributed by atoms with E-state index < -0.39 is 9.84 Å². The molecule has 0 radical (unpaired) electrons. The third kappa shape index (κ3) is 6.24. The molecule has 6 heteroatoms. The first-order valence-electron chi connectivity index (χ1n) is 6.59. The molecule has 0 unspecified atom stereocenters. The zero-order chi connectivity index (χ0) is 15.3. The van der Waals surface area contributed by atoms with Crippen LogP contribution in [-0.4, -0.2) is 40.1 Å². The van der Waals surface area contributed by atoms with Crippen LogP contribution in [0.25, 0.3) is 0 Å². The molecule has 4 nitrogen and oxygen atoms in total. The Kier molecular flexibility index (Phi) is 6.48. The van der Waals surface area contributed by atoms with E-state index in [4.69, 9.17) is 0 Å². The topological polar surface area (TPSA) is 49.4 Å². The molecule has 0 saturated heterocycles. The normalized spacial score (nSPS) is 11.9. The van der Waals surface area contributed by atoms with E-state index in [1.54, 1.807) is 0 Å². The summed E-state index contributed by atoms with van der Waals surface area (Å²) >= 11 is 3.57. The maximum Gasteiger partial charge on any atom is 0.149 e. The van der Waals surface area contributed by atoms with Gasteiger partial charge in [0.2, 0.25) is 0 Å². The van der Waals surface area contributed by atoms with Crippen LogP contribution in [0, 0.1) is 0 Å². The van der Waals surface area contributed by atoms with Gasteiger partial charge in [-0.2, -0.15) is 0 Å². The zero-order valence-electron chi connectivity index (χ0n) is 12.5. The van der Waals surface area contributed by atoms with E-state index in [-0.39, 0.29) is 5.75 Å². The molecule has 0 atom stereocenters. The fourth-order valence-corrected chi connectivity index (χ4v) is 2.78. The van der Waals surface area contributed by atoms with Gasteiger partial charge in [-0.3, -0.25) is 0 Å². The largest absolute Gasteiger partial charge is 0.374 e. The van der Waals surface area contributed by atoms with E-state index in [9.17, 15) is 8.42 Å². The molecule has 0 heterocycles. The van der Waals surface area contributed by atoms with Crippen molar-refractivity contribution in [2.24, 2.45) is 0 Å². The van der Waals surface area contributed by atoms with E-state index in [0.717, 1.165) is 16.7 Å². The van der Waals surface area contributed by atoms with Gasteiger partial charge in [-0.25, -0.2) is 8.42 Å². The van der Waals surface area contributed by atoms with Gasteiger partial charge >= 0.3 is 0 Å². The van der Waals surface area contributed by atoms with E-state index in [0.29, 0.717) is 12.6 Å². The van der Waals surface area contributed by atoms with Crippen molar-refractivity contribution in [2.75, 3.05) is 30.5 Å². The molecule has 0 fully saturated rings. The summed E-state index contributed by atoms with van der Waals surface area (Å²) in [5, 5.41) is 3.37. The number of halogens is 1. The van der Waals surface area contributed by atoms with Gasteiger partial charge in [0.25, 0.3) is 0 Å². The van der Waals surface area contributed by atoms with Crippen LogP contribution in [-0.2, 0) is 16.4 Å². The summed E-state index contributed by atoms with van der Waals surface area (Å²) < 4.78 is 23.4. The summed E-state index contributed by atoms with van der Waals surface area (Å²) in [6.45, 7) is 5.53. The van der Waals surface area contributed by atoms with Gasteiger partial charge in [-0.05, 0) is 17.7 Å². The van der Waals surface area contributed by atoms with Crippen molar-refractivity contribution in [3.05, 3.63) is 28.2 Å². The van der Waals surface area contributed by atoms with Crippen LogP contribution >= 0.6 is 15.9 Å². The zero-order valence-corrected chi connectivity index (χ0v) is 14.9. The minimum Gasteiger partial charge on any atom is -0.374 e. The number of nitrogens with zero attached hydrogens (tertiary/aromatic N) is 1. The molecular formula is C14H23BrN2O2S. The second-order valence-electron chi connectivity index (χ2n) is 5.36. The number of rotatable bonds is 7. The Morgan fingerprint density at radius 1 is 1.35 bits per heavy atom. The minimum atomic E-state index is -2.93. The second-order valence-corrected chi connectivity index (χ2v) is 8.48. The van der Waals surface area contributed by atoms with Gasteiger partial charge in [0.15, 0.2) is 0 Å². The van der Waals surface area contributed by atoms with Crippen molar-refractivity contribution in [2.45, 2.75) is 26.4 Å². The quantitative estimate of drug-likeness (QED) is 0.809. The van der Waals surface area contributed by atoms with Gasteiger partial charge in [0.05, 0.1) is 5.75 Å². The molecule has 0 saturated carbocycles. The molecule has 0 aliphatic carbocycles. The lowest BCUT2D eigenvalue weighted by molar-refractivity contribution is 0.588. The van der Waals surface area contributed by atoms with Crippen LogP contribution in [0.2, 0.25) is 0 Å².